The van der Waals surface area contributed by atoms with Crippen molar-refractivity contribution in [2.75, 3.05) is 20.3 Å². The lowest BCUT2D eigenvalue weighted by Crippen LogP contribution is -2.27. The molecule has 0 saturated carbocycles. The van der Waals surface area contributed by atoms with Gasteiger partial charge < -0.3 is 19.4 Å². The molecule has 0 atom stereocenters. The average molecular weight is 494 g/mol. The molecular formula is C26H24F2N4O4. The number of methoxy groups -OCH3 is 1. The molecule has 10 heteroatoms. The molecular weight excluding hydrogens is 470 g/mol. The number of halogens is 2. The molecule has 0 unspecified atom stereocenters. The highest BCUT2D eigenvalue weighted by molar-refractivity contribution is 6.07. The Balaban J connectivity index is 1.47. The summed E-state index contributed by atoms with van der Waals surface area (Å²) in [4.78, 5) is 30.8. The minimum Gasteiger partial charge on any atom is -0.381 e. The molecule has 1 saturated heterocycles. The first-order chi connectivity index (χ1) is 17.5. The zero-order valence-corrected chi connectivity index (χ0v) is 19.6. The Morgan fingerprint density at radius 3 is 2.50 bits per heavy atom. The van der Waals surface area contributed by atoms with Crippen molar-refractivity contribution in [1.29, 1.82) is 0 Å². The second kappa shape index (κ2) is 8.79. The van der Waals surface area contributed by atoms with Crippen molar-refractivity contribution in [2.45, 2.75) is 38.6 Å². The lowest BCUT2D eigenvalue weighted by molar-refractivity contribution is 0.0675. The fourth-order valence-electron chi connectivity index (χ4n) is 5.34. The van der Waals surface area contributed by atoms with Crippen molar-refractivity contribution in [1.82, 2.24) is 19.7 Å². The standard InChI is InChI=1S/C26H24F2N4O4/c1-35-13-14-8-17-23(30-25(33)18-10-29-32(24(17)18)15-4-6-36-7-5-15)9-16(14)26(34)31-11-19-20(12-31)22(28)3-2-21(19)27/h2-3,8-10,15H,4-7,11-13H2,1H3,(H,30,33). The first-order valence-electron chi connectivity index (χ1n) is 11.8. The summed E-state index contributed by atoms with van der Waals surface area (Å²) in [6.45, 7) is 1.33. The first-order valence-corrected chi connectivity index (χ1v) is 11.8. The summed E-state index contributed by atoms with van der Waals surface area (Å²) < 4.78 is 41.3. The molecule has 2 aliphatic rings. The number of pyridine rings is 1. The van der Waals surface area contributed by atoms with Crippen molar-refractivity contribution in [3.8, 4) is 0 Å². The van der Waals surface area contributed by atoms with Crippen LogP contribution < -0.4 is 5.56 Å². The van der Waals surface area contributed by atoms with E-state index in [1.54, 1.807) is 12.3 Å². The zero-order valence-electron chi connectivity index (χ0n) is 19.6. The second-order valence-corrected chi connectivity index (χ2v) is 9.28. The highest BCUT2D eigenvalue weighted by atomic mass is 19.1. The SMILES string of the molecule is COCc1cc2c(cc1C(=O)N1Cc3c(F)ccc(F)c3C1)[nH]c(=O)c1cnn(C3CCOCC3)c12. The molecule has 4 heterocycles. The van der Waals surface area contributed by atoms with Gasteiger partial charge in [0.2, 0.25) is 0 Å². The number of H-pyrrole nitrogens is 1. The van der Waals surface area contributed by atoms with Gasteiger partial charge in [0.1, 0.15) is 11.6 Å². The number of ether oxygens (including phenoxy) is 2. The molecule has 36 heavy (non-hydrogen) atoms. The maximum absolute atomic E-state index is 14.3. The maximum atomic E-state index is 14.3. The Morgan fingerprint density at radius 1 is 1.14 bits per heavy atom. The molecule has 8 nitrogen and oxygen atoms in total. The number of amides is 1. The number of hydrogen-bond donors (Lipinski definition) is 1. The molecule has 1 N–H and O–H groups in total. The Hall–Kier alpha value is -3.63. The third-order valence-corrected chi connectivity index (χ3v) is 7.16. The fraction of sp³-hybridized carbons (Fsp3) is 0.346. The number of rotatable bonds is 4. The molecule has 2 aliphatic heterocycles. The quantitative estimate of drug-likeness (QED) is 0.466. The summed E-state index contributed by atoms with van der Waals surface area (Å²) in [6, 6.07) is 5.72. The number of aromatic nitrogens is 3. The van der Waals surface area contributed by atoms with Gasteiger partial charge in [-0.1, -0.05) is 0 Å². The summed E-state index contributed by atoms with van der Waals surface area (Å²) >= 11 is 0. The minimum absolute atomic E-state index is 0.0334. The van der Waals surface area contributed by atoms with Gasteiger partial charge in [-0.2, -0.15) is 5.10 Å². The van der Waals surface area contributed by atoms with Crippen LogP contribution >= 0.6 is 0 Å². The van der Waals surface area contributed by atoms with Gasteiger partial charge in [-0.05, 0) is 42.7 Å². The predicted octanol–water partition coefficient (Wildman–Crippen LogP) is 3.81. The zero-order chi connectivity index (χ0) is 25.0. The van der Waals surface area contributed by atoms with Crippen LogP contribution in [0.3, 0.4) is 0 Å². The van der Waals surface area contributed by atoms with E-state index in [2.05, 4.69) is 10.1 Å². The van der Waals surface area contributed by atoms with Gasteiger partial charge in [-0.15, -0.1) is 0 Å². The summed E-state index contributed by atoms with van der Waals surface area (Å²) in [5.74, 6) is -1.46. The van der Waals surface area contributed by atoms with Crippen molar-refractivity contribution in [3.63, 3.8) is 0 Å². The smallest absolute Gasteiger partial charge is 0.259 e. The van der Waals surface area contributed by atoms with Crippen LogP contribution in [0, 0.1) is 11.6 Å². The maximum Gasteiger partial charge on any atom is 0.259 e. The number of carbonyl (C=O) groups is 1. The Labute approximate surface area is 204 Å². The van der Waals surface area contributed by atoms with Crippen molar-refractivity contribution >= 4 is 27.7 Å². The van der Waals surface area contributed by atoms with Gasteiger partial charge in [0.05, 0.1) is 35.3 Å². The number of benzene rings is 2. The molecule has 186 valence electrons. The molecule has 0 spiro atoms. The van der Waals surface area contributed by atoms with E-state index in [9.17, 15) is 18.4 Å². The molecule has 6 rings (SSSR count). The Kier molecular flexibility index (Phi) is 5.57. The monoisotopic (exact) mass is 494 g/mol. The molecule has 0 bridgehead atoms. The van der Waals surface area contributed by atoms with Gasteiger partial charge >= 0.3 is 0 Å². The van der Waals surface area contributed by atoms with Gasteiger partial charge in [0, 0.05) is 55.5 Å². The number of nitrogens with zero attached hydrogens (tertiary/aromatic N) is 3. The summed E-state index contributed by atoms with van der Waals surface area (Å²) in [7, 11) is 1.53. The van der Waals surface area contributed by atoms with E-state index in [-0.39, 0.29) is 42.4 Å². The Bertz CT molecular complexity index is 1540. The molecule has 0 radical (unpaired) electrons. The third kappa shape index (κ3) is 3.59. The lowest BCUT2D eigenvalue weighted by atomic mass is 10.0. The van der Waals surface area contributed by atoms with Crippen LogP contribution in [0.25, 0.3) is 21.8 Å². The number of fused-ring (bicyclic) bond motifs is 4. The largest absolute Gasteiger partial charge is 0.381 e. The normalized spacial score (nSPS) is 16.2. The molecule has 2 aromatic carbocycles. The van der Waals surface area contributed by atoms with E-state index in [4.69, 9.17) is 9.47 Å². The van der Waals surface area contributed by atoms with Gasteiger partial charge in [0.15, 0.2) is 0 Å². The predicted molar refractivity (Wildman–Crippen MR) is 128 cm³/mol. The Morgan fingerprint density at radius 2 is 1.83 bits per heavy atom. The molecule has 2 aromatic heterocycles. The van der Waals surface area contributed by atoms with Crippen LogP contribution in [-0.2, 0) is 29.2 Å². The van der Waals surface area contributed by atoms with E-state index in [0.717, 1.165) is 30.4 Å². The summed E-state index contributed by atoms with van der Waals surface area (Å²) in [5.41, 5.74) is 2.19. The van der Waals surface area contributed by atoms with Crippen LogP contribution in [0.5, 0.6) is 0 Å². The van der Waals surface area contributed by atoms with E-state index in [1.807, 2.05) is 10.7 Å². The molecule has 0 aliphatic carbocycles. The number of nitrogens with one attached hydrogen (secondary N) is 1. The topological polar surface area (TPSA) is 89.5 Å². The van der Waals surface area contributed by atoms with Crippen LogP contribution in [0.1, 0.15) is 45.9 Å². The number of aromatic amines is 1. The molecule has 1 fully saturated rings. The highest BCUT2D eigenvalue weighted by Gasteiger charge is 2.31. The average Bonchev–Trinajstić information content (AvgIpc) is 3.54. The first kappa shape index (κ1) is 22.8. The van der Waals surface area contributed by atoms with Gasteiger partial charge in [0.25, 0.3) is 11.5 Å². The third-order valence-electron chi connectivity index (χ3n) is 7.16. The highest BCUT2D eigenvalue weighted by Crippen LogP contribution is 2.33. The van der Waals surface area contributed by atoms with Gasteiger partial charge in [-0.3, -0.25) is 14.3 Å². The summed E-state index contributed by atoms with van der Waals surface area (Å²) in [5, 5.41) is 5.75. The molecule has 1 amide bonds. The number of hydrogen-bond acceptors (Lipinski definition) is 5. The fourth-order valence-corrected chi connectivity index (χ4v) is 5.34. The van der Waals surface area contributed by atoms with Crippen LogP contribution in [-0.4, -0.2) is 45.9 Å². The molecule has 4 aromatic rings. The minimum atomic E-state index is -0.537. The van der Waals surface area contributed by atoms with Crippen LogP contribution in [0.15, 0.2) is 35.3 Å². The van der Waals surface area contributed by atoms with E-state index < -0.39 is 17.5 Å². The van der Waals surface area contributed by atoms with E-state index in [0.29, 0.717) is 40.8 Å². The van der Waals surface area contributed by atoms with E-state index >= 15 is 0 Å². The second-order valence-electron chi connectivity index (χ2n) is 9.28. The van der Waals surface area contributed by atoms with E-state index in [1.165, 1.54) is 12.0 Å². The lowest BCUT2D eigenvalue weighted by Gasteiger charge is -2.23. The number of carbonyl (C=O) groups excluding carboxylic acids is 1. The van der Waals surface area contributed by atoms with Crippen LogP contribution in [0.4, 0.5) is 8.78 Å². The van der Waals surface area contributed by atoms with Gasteiger partial charge in [-0.25, -0.2) is 8.78 Å². The van der Waals surface area contributed by atoms with Crippen LogP contribution in [0.2, 0.25) is 0 Å². The summed E-state index contributed by atoms with van der Waals surface area (Å²) in [6.07, 6.45) is 3.15. The van der Waals surface area contributed by atoms with Crippen molar-refractivity contribution in [2.24, 2.45) is 0 Å². The van der Waals surface area contributed by atoms with Crippen molar-refractivity contribution in [3.05, 3.63) is 74.7 Å². The van der Waals surface area contributed by atoms with Crippen molar-refractivity contribution < 1.29 is 23.0 Å².